The smallest absolute Gasteiger partial charge is 0.253 e. The molecule has 3 aromatic rings. The van der Waals surface area contributed by atoms with Crippen molar-refractivity contribution in [1.29, 1.82) is 0 Å². The van der Waals surface area contributed by atoms with Gasteiger partial charge >= 0.3 is 0 Å². The lowest BCUT2D eigenvalue weighted by Gasteiger charge is -2.43. The van der Waals surface area contributed by atoms with E-state index in [0.717, 1.165) is 41.4 Å². The summed E-state index contributed by atoms with van der Waals surface area (Å²) in [7, 11) is 0. The molecule has 150 valence electrons. The van der Waals surface area contributed by atoms with E-state index >= 15 is 0 Å². The molecule has 2 aliphatic rings. The third-order valence-corrected chi connectivity index (χ3v) is 6.52. The number of H-pyrrole nitrogens is 1. The van der Waals surface area contributed by atoms with E-state index in [1.165, 1.54) is 0 Å². The number of carbonyl (C=O) groups excluding carboxylic acids is 2. The Morgan fingerprint density at radius 3 is 2.72 bits per heavy atom. The van der Waals surface area contributed by atoms with E-state index in [-0.39, 0.29) is 23.1 Å². The zero-order valence-electron chi connectivity index (χ0n) is 16.8. The van der Waals surface area contributed by atoms with Gasteiger partial charge in [0.05, 0.1) is 17.9 Å². The molecule has 3 heterocycles. The molecule has 0 radical (unpaired) electrons. The number of carbonyl (C=O) groups is 2. The molecule has 1 aliphatic heterocycles. The van der Waals surface area contributed by atoms with E-state index in [0.29, 0.717) is 25.1 Å². The number of benzene rings is 1. The number of amides is 1. The van der Waals surface area contributed by atoms with E-state index in [2.05, 4.69) is 29.1 Å². The highest BCUT2D eigenvalue weighted by molar-refractivity contribution is 5.99. The molecule has 29 heavy (non-hydrogen) atoms. The summed E-state index contributed by atoms with van der Waals surface area (Å²) >= 11 is 0. The van der Waals surface area contributed by atoms with Gasteiger partial charge in [0.1, 0.15) is 5.69 Å². The van der Waals surface area contributed by atoms with Gasteiger partial charge in [0, 0.05) is 42.1 Å². The van der Waals surface area contributed by atoms with Crippen molar-refractivity contribution in [1.82, 2.24) is 24.9 Å². The Hall–Kier alpha value is -2.96. The zero-order valence-corrected chi connectivity index (χ0v) is 16.8. The molecule has 2 aromatic heterocycles. The Labute approximate surface area is 169 Å². The lowest BCUT2D eigenvalue weighted by atomic mass is 9.67. The Morgan fingerprint density at radius 2 is 1.97 bits per heavy atom. The van der Waals surface area contributed by atoms with Crippen LogP contribution in [-0.4, -0.2) is 49.7 Å². The number of hydrogen-bond donors (Lipinski definition) is 1. The SMILES string of the molecule is CC(C)n1ncc2c1C(=O)CC1(CCN(C(=O)c3ccc4[nH]ncc4c3)CC1)C2. The van der Waals surface area contributed by atoms with Crippen LogP contribution in [0.1, 0.15) is 65.6 Å². The Morgan fingerprint density at radius 1 is 1.17 bits per heavy atom. The van der Waals surface area contributed by atoms with Crippen LogP contribution >= 0.6 is 0 Å². The fraction of sp³-hybridized carbons (Fsp3) is 0.455. The third kappa shape index (κ3) is 2.96. The maximum atomic E-state index is 13.0. The number of aromatic nitrogens is 4. The van der Waals surface area contributed by atoms with Crippen molar-refractivity contribution in [3.8, 4) is 0 Å². The molecule has 7 nitrogen and oxygen atoms in total. The first-order chi connectivity index (χ1) is 14.0. The monoisotopic (exact) mass is 391 g/mol. The maximum absolute atomic E-state index is 13.0. The number of Topliss-reactive ketones (excluding diaryl/α,β-unsaturated/α-hetero) is 1. The Balaban J connectivity index is 1.32. The molecule has 1 saturated heterocycles. The van der Waals surface area contributed by atoms with Crippen molar-refractivity contribution in [2.24, 2.45) is 5.41 Å². The van der Waals surface area contributed by atoms with Crippen molar-refractivity contribution < 1.29 is 9.59 Å². The number of likely N-dealkylation sites (tertiary alicyclic amines) is 1. The summed E-state index contributed by atoms with van der Waals surface area (Å²) < 4.78 is 1.86. The van der Waals surface area contributed by atoms with Crippen molar-refractivity contribution in [2.75, 3.05) is 13.1 Å². The van der Waals surface area contributed by atoms with Gasteiger partial charge in [-0.3, -0.25) is 19.4 Å². The average Bonchev–Trinajstić information content (AvgIpc) is 3.34. The number of nitrogens with one attached hydrogen (secondary N) is 1. The van der Waals surface area contributed by atoms with Gasteiger partial charge in [-0.25, -0.2) is 0 Å². The lowest BCUT2D eigenvalue weighted by molar-refractivity contribution is 0.0517. The van der Waals surface area contributed by atoms with Crippen LogP contribution in [0.5, 0.6) is 0 Å². The average molecular weight is 391 g/mol. The molecular formula is C22H25N5O2. The van der Waals surface area contributed by atoms with E-state index in [1.54, 1.807) is 6.20 Å². The minimum atomic E-state index is -0.0414. The van der Waals surface area contributed by atoms with Crippen LogP contribution in [0.3, 0.4) is 0 Å². The largest absolute Gasteiger partial charge is 0.339 e. The van der Waals surface area contributed by atoms with Gasteiger partial charge in [-0.05, 0) is 56.7 Å². The molecular weight excluding hydrogens is 366 g/mol. The standard InChI is InChI=1S/C22H25N5O2/c1-14(2)27-20-17(13-24-27)10-22(11-19(20)28)5-7-26(8-6-22)21(29)15-3-4-18-16(9-15)12-23-25-18/h3-4,9,12-14H,5-8,10-11H2,1-2H3,(H,23,25). The number of aromatic amines is 1. The highest BCUT2D eigenvalue weighted by atomic mass is 16.2. The predicted molar refractivity (Wildman–Crippen MR) is 109 cm³/mol. The number of hydrogen-bond acceptors (Lipinski definition) is 4. The minimum Gasteiger partial charge on any atom is -0.339 e. The van der Waals surface area contributed by atoms with Crippen LogP contribution in [0, 0.1) is 5.41 Å². The van der Waals surface area contributed by atoms with Crippen molar-refractivity contribution in [2.45, 2.75) is 45.6 Å². The second-order valence-electron chi connectivity index (χ2n) is 8.80. The second kappa shape index (κ2) is 6.54. The molecule has 0 bridgehead atoms. The summed E-state index contributed by atoms with van der Waals surface area (Å²) in [6.45, 7) is 5.47. The van der Waals surface area contributed by atoms with Gasteiger partial charge in [0.15, 0.2) is 5.78 Å². The zero-order chi connectivity index (χ0) is 20.2. The van der Waals surface area contributed by atoms with Crippen molar-refractivity contribution in [3.05, 3.63) is 47.4 Å². The molecule has 7 heteroatoms. The number of rotatable bonds is 2. The van der Waals surface area contributed by atoms with Gasteiger partial charge < -0.3 is 4.90 Å². The van der Waals surface area contributed by atoms with Gasteiger partial charge in [-0.15, -0.1) is 0 Å². The van der Waals surface area contributed by atoms with Crippen LogP contribution in [-0.2, 0) is 6.42 Å². The Bertz CT molecular complexity index is 1100. The molecule has 1 aromatic carbocycles. The highest BCUT2D eigenvalue weighted by Gasteiger charge is 2.43. The summed E-state index contributed by atoms with van der Waals surface area (Å²) in [4.78, 5) is 27.8. The highest BCUT2D eigenvalue weighted by Crippen LogP contribution is 2.44. The Kier molecular flexibility index (Phi) is 4.08. The maximum Gasteiger partial charge on any atom is 0.253 e. The summed E-state index contributed by atoms with van der Waals surface area (Å²) in [5.74, 6) is 0.251. The summed E-state index contributed by atoms with van der Waals surface area (Å²) in [6, 6.07) is 5.82. The van der Waals surface area contributed by atoms with Crippen molar-refractivity contribution >= 4 is 22.6 Å². The molecule has 0 atom stereocenters. The first-order valence-electron chi connectivity index (χ1n) is 10.3. The summed E-state index contributed by atoms with van der Waals surface area (Å²) in [5, 5.41) is 12.3. The number of fused-ring (bicyclic) bond motifs is 2. The summed E-state index contributed by atoms with van der Waals surface area (Å²) in [6.07, 6.45) is 6.74. The van der Waals surface area contributed by atoms with E-state index in [9.17, 15) is 9.59 Å². The van der Waals surface area contributed by atoms with Gasteiger partial charge in [-0.1, -0.05) is 0 Å². The fourth-order valence-corrected chi connectivity index (χ4v) is 4.91. The lowest BCUT2D eigenvalue weighted by Crippen LogP contribution is -2.46. The normalized spacial score (nSPS) is 18.6. The van der Waals surface area contributed by atoms with E-state index in [4.69, 9.17) is 0 Å². The first kappa shape index (κ1) is 18.1. The molecule has 0 unspecified atom stereocenters. The van der Waals surface area contributed by atoms with Crippen LogP contribution in [0.25, 0.3) is 10.9 Å². The molecule has 1 amide bonds. The molecule has 1 fully saturated rings. The molecule has 1 spiro atoms. The van der Waals surface area contributed by atoms with Crippen LogP contribution in [0.4, 0.5) is 0 Å². The molecule has 5 rings (SSSR count). The molecule has 0 saturated carbocycles. The summed E-state index contributed by atoms with van der Waals surface area (Å²) in [5.41, 5.74) is 3.44. The first-order valence-corrected chi connectivity index (χ1v) is 10.3. The molecule has 1 N–H and O–H groups in total. The number of piperidine rings is 1. The third-order valence-electron chi connectivity index (χ3n) is 6.52. The van der Waals surface area contributed by atoms with Gasteiger partial charge in [0.2, 0.25) is 0 Å². The second-order valence-corrected chi connectivity index (χ2v) is 8.80. The van der Waals surface area contributed by atoms with Gasteiger partial charge in [-0.2, -0.15) is 10.2 Å². The number of nitrogens with zero attached hydrogens (tertiary/aromatic N) is 4. The van der Waals surface area contributed by atoms with E-state index in [1.807, 2.05) is 34.0 Å². The van der Waals surface area contributed by atoms with Crippen LogP contribution in [0.2, 0.25) is 0 Å². The fourth-order valence-electron chi connectivity index (χ4n) is 4.91. The van der Waals surface area contributed by atoms with Crippen molar-refractivity contribution in [3.63, 3.8) is 0 Å². The van der Waals surface area contributed by atoms with Crippen LogP contribution < -0.4 is 0 Å². The van der Waals surface area contributed by atoms with Gasteiger partial charge in [0.25, 0.3) is 5.91 Å². The topological polar surface area (TPSA) is 83.9 Å². The van der Waals surface area contributed by atoms with Crippen LogP contribution in [0.15, 0.2) is 30.6 Å². The number of ketones is 1. The molecule has 1 aliphatic carbocycles. The van der Waals surface area contributed by atoms with E-state index < -0.39 is 0 Å². The predicted octanol–water partition coefficient (Wildman–Crippen LogP) is 3.39. The quantitative estimate of drug-likeness (QED) is 0.726. The minimum absolute atomic E-state index is 0.0414.